The zero-order valence-electron chi connectivity index (χ0n) is 20.8. The van der Waals surface area contributed by atoms with Crippen molar-refractivity contribution in [2.75, 3.05) is 19.9 Å². The molecule has 0 amide bonds. The average molecular weight is 496 g/mol. The summed E-state index contributed by atoms with van der Waals surface area (Å²) < 4.78 is 22.2. The van der Waals surface area contributed by atoms with E-state index in [1.165, 1.54) is 6.21 Å². The van der Waals surface area contributed by atoms with Gasteiger partial charge in [0.2, 0.25) is 5.88 Å². The van der Waals surface area contributed by atoms with Crippen molar-refractivity contribution in [2.24, 2.45) is 4.99 Å². The molecule has 0 spiro atoms. The normalized spacial score (nSPS) is 12.1. The predicted octanol–water partition coefficient (Wildman–Crippen LogP) is 5.87. The third-order valence-electron chi connectivity index (χ3n) is 5.20. The van der Waals surface area contributed by atoms with Crippen molar-refractivity contribution in [3.05, 3.63) is 53.9 Å². The second kappa shape index (κ2) is 12.4. The summed E-state index contributed by atoms with van der Waals surface area (Å²) in [6.45, 7) is 10.0. The molecule has 0 unspecified atom stereocenters. The van der Waals surface area contributed by atoms with Crippen LogP contribution in [0.5, 0.6) is 11.6 Å². The summed E-state index contributed by atoms with van der Waals surface area (Å²) in [5, 5.41) is 8.32. The van der Waals surface area contributed by atoms with Crippen molar-refractivity contribution in [1.82, 2.24) is 4.98 Å². The number of ether oxygens (including phenoxy) is 3. The molecular weight excluding hydrogens is 462 g/mol. The third-order valence-corrected chi connectivity index (χ3v) is 6.90. The molecule has 0 saturated heterocycles. The van der Waals surface area contributed by atoms with E-state index in [0.29, 0.717) is 36.8 Å². The van der Waals surface area contributed by atoms with E-state index in [0.717, 1.165) is 28.3 Å². The molecule has 2 heterocycles. The lowest BCUT2D eigenvalue weighted by Crippen LogP contribution is -2.21. The van der Waals surface area contributed by atoms with Crippen LogP contribution < -0.4 is 4.74 Å². The molecule has 0 saturated carbocycles. The molecule has 186 valence electrons. The summed E-state index contributed by atoms with van der Waals surface area (Å²) in [6.07, 6.45) is 5.13. The molecule has 0 bridgehead atoms. The molecule has 0 aliphatic heterocycles. The molecule has 9 heteroatoms. The number of aliphatic imine (C=N–C) groups is 1. The van der Waals surface area contributed by atoms with Gasteiger partial charge >= 0.3 is 5.97 Å². The monoisotopic (exact) mass is 495 g/mol. The second-order valence-electron chi connectivity index (χ2n) is 9.25. The van der Waals surface area contributed by atoms with Gasteiger partial charge in [0.25, 0.3) is 0 Å². The number of aromatic nitrogens is 1. The van der Waals surface area contributed by atoms with Gasteiger partial charge in [-0.2, -0.15) is 0 Å². The smallest absolute Gasteiger partial charge is 0.310 e. The van der Waals surface area contributed by atoms with Crippen LogP contribution in [0.4, 0.5) is 0 Å². The fraction of sp³-hybridized carbons (Fsp3) is 0.385. The first kappa shape index (κ1) is 26.3. The molecule has 3 rings (SSSR count). The van der Waals surface area contributed by atoms with E-state index >= 15 is 0 Å². The van der Waals surface area contributed by atoms with Crippen LogP contribution in [0.25, 0.3) is 11.0 Å². The van der Waals surface area contributed by atoms with E-state index in [4.69, 9.17) is 24.0 Å². The number of rotatable bonds is 13. The number of benzene rings is 1. The molecule has 1 aromatic carbocycles. The summed E-state index contributed by atoms with van der Waals surface area (Å²) in [5.41, 5.74) is 2.96. The van der Waals surface area contributed by atoms with Crippen LogP contribution in [-0.4, -0.2) is 50.9 Å². The highest BCUT2D eigenvalue weighted by molar-refractivity contribution is 6.76. The molecule has 35 heavy (non-hydrogen) atoms. The van der Waals surface area contributed by atoms with Crippen LogP contribution in [-0.2, 0) is 20.7 Å². The van der Waals surface area contributed by atoms with Crippen molar-refractivity contribution in [1.29, 1.82) is 5.41 Å². The Kier molecular flexibility index (Phi) is 9.33. The largest absolute Gasteiger partial charge is 0.466 e. The number of fused-ring (bicyclic) bond motifs is 1. The van der Waals surface area contributed by atoms with E-state index in [9.17, 15) is 4.79 Å². The lowest BCUT2D eigenvalue weighted by molar-refractivity contribution is -0.142. The summed E-state index contributed by atoms with van der Waals surface area (Å²) >= 11 is 0. The Bertz CT molecular complexity index is 1170. The number of carbonyl (C=O) groups is 1. The number of pyridine rings is 1. The number of carbonyl (C=O) groups excluding carboxylic acids is 1. The number of nitrogens with one attached hydrogen (secondary N) is 1. The van der Waals surface area contributed by atoms with Gasteiger partial charge in [-0.15, -0.1) is 0 Å². The van der Waals surface area contributed by atoms with Crippen molar-refractivity contribution in [2.45, 2.75) is 45.5 Å². The Morgan fingerprint density at radius 2 is 2.06 bits per heavy atom. The molecule has 0 atom stereocenters. The van der Waals surface area contributed by atoms with Gasteiger partial charge in [-0.3, -0.25) is 9.79 Å². The lowest BCUT2D eigenvalue weighted by atomic mass is 10.1. The van der Waals surface area contributed by atoms with Gasteiger partial charge in [-0.1, -0.05) is 19.6 Å². The van der Waals surface area contributed by atoms with Crippen LogP contribution in [0, 0.1) is 5.41 Å². The Hall–Kier alpha value is -3.30. The molecule has 8 nitrogen and oxygen atoms in total. The van der Waals surface area contributed by atoms with Crippen LogP contribution >= 0.6 is 0 Å². The van der Waals surface area contributed by atoms with Gasteiger partial charge in [0.15, 0.2) is 0 Å². The van der Waals surface area contributed by atoms with Crippen LogP contribution in [0.2, 0.25) is 25.7 Å². The zero-order chi connectivity index (χ0) is 25.3. The van der Waals surface area contributed by atoms with Gasteiger partial charge in [-0.05, 0) is 31.2 Å². The number of nitrogens with zero attached hydrogens (tertiary/aromatic N) is 2. The molecule has 0 radical (unpaired) electrons. The van der Waals surface area contributed by atoms with Crippen LogP contribution in [0.15, 0.2) is 52.2 Å². The minimum atomic E-state index is -1.13. The minimum Gasteiger partial charge on any atom is -0.466 e. The summed E-state index contributed by atoms with van der Waals surface area (Å²) in [7, 11) is -1.13. The predicted molar refractivity (Wildman–Crippen MR) is 140 cm³/mol. The van der Waals surface area contributed by atoms with Gasteiger partial charge in [0.05, 0.1) is 25.0 Å². The van der Waals surface area contributed by atoms with Crippen molar-refractivity contribution in [3.63, 3.8) is 0 Å². The second-order valence-corrected chi connectivity index (χ2v) is 14.9. The Morgan fingerprint density at radius 3 is 2.74 bits per heavy atom. The topological polar surface area (TPSA) is 107 Å². The van der Waals surface area contributed by atoms with Crippen LogP contribution in [0.3, 0.4) is 0 Å². The fourth-order valence-electron chi connectivity index (χ4n) is 3.30. The van der Waals surface area contributed by atoms with E-state index in [-0.39, 0.29) is 19.1 Å². The molecule has 0 aliphatic rings. The quantitative estimate of drug-likeness (QED) is 0.138. The van der Waals surface area contributed by atoms with Gasteiger partial charge in [-0.25, -0.2) is 4.98 Å². The zero-order valence-corrected chi connectivity index (χ0v) is 21.8. The maximum Gasteiger partial charge on any atom is 0.310 e. The standard InChI is InChI=1S/C26H33N3O5Si/c1-5-32-26(30)14-20-17-33-24-15-21(7-8-22(20)24)34-25-9-6-19(16-28-25)23(10-11-27)29-18-31-12-13-35(2,3)4/h6-9,11,15-17,27H,5,10,12-14,18H2,1-4H3. The number of hydrogen-bond donors (Lipinski definition) is 1. The maximum atomic E-state index is 11.8. The molecule has 2 aromatic heterocycles. The van der Waals surface area contributed by atoms with E-state index in [1.54, 1.807) is 31.5 Å². The first-order chi connectivity index (χ1) is 16.8. The van der Waals surface area contributed by atoms with Crippen LogP contribution in [0.1, 0.15) is 24.5 Å². The first-order valence-electron chi connectivity index (χ1n) is 11.7. The molecule has 3 aromatic rings. The summed E-state index contributed by atoms with van der Waals surface area (Å²) in [5.74, 6) is 0.704. The minimum absolute atomic E-state index is 0.160. The van der Waals surface area contributed by atoms with Crippen molar-refractivity contribution >= 4 is 36.9 Å². The highest BCUT2D eigenvalue weighted by Crippen LogP contribution is 2.28. The fourth-order valence-corrected chi connectivity index (χ4v) is 4.06. The Balaban J connectivity index is 1.63. The number of furan rings is 1. The number of hydrogen-bond acceptors (Lipinski definition) is 8. The third kappa shape index (κ3) is 8.15. The highest BCUT2D eigenvalue weighted by atomic mass is 28.3. The van der Waals surface area contributed by atoms with E-state index < -0.39 is 8.07 Å². The SMILES string of the molecule is CCOC(=O)Cc1coc2cc(Oc3ccc(C(CC=N)=NCOCC[Si](C)(C)C)cn3)ccc12. The van der Waals surface area contributed by atoms with E-state index in [1.807, 2.05) is 18.2 Å². The van der Waals surface area contributed by atoms with Gasteiger partial charge in [0.1, 0.15) is 18.1 Å². The number of esters is 1. The molecule has 0 fully saturated rings. The first-order valence-corrected chi connectivity index (χ1v) is 15.4. The highest BCUT2D eigenvalue weighted by Gasteiger charge is 2.13. The molecular formula is C26H33N3O5Si. The summed E-state index contributed by atoms with van der Waals surface area (Å²) in [6, 6.07) is 10.1. The summed E-state index contributed by atoms with van der Waals surface area (Å²) in [4.78, 5) is 20.7. The Morgan fingerprint density at radius 1 is 1.23 bits per heavy atom. The van der Waals surface area contributed by atoms with Gasteiger partial charge < -0.3 is 24.0 Å². The lowest BCUT2D eigenvalue weighted by Gasteiger charge is -2.14. The van der Waals surface area contributed by atoms with Crippen molar-refractivity contribution in [3.8, 4) is 11.6 Å². The average Bonchev–Trinajstić information content (AvgIpc) is 3.20. The Labute approximate surface area is 206 Å². The molecule has 1 N–H and O–H groups in total. The molecule has 0 aliphatic carbocycles. The van der Waals surface area contributed by atoms with Crippen molar-refractivity contribution < 1.29 is 23.4 Å². The van der Waals surface area contributed by atoms with E-state index in [2.05, 4.69) is 29.6 Å². The van der Waals surface area contributed by atoms with Gasteiger partial charge in [0, 0.05) is 62.2 Å². The maximum absolute atomic E-state index is 11.8.